The molecule has 0 saturated heterocycles. The highest BCUT2D eigenvalue weighted by Gasteiger charge is 2.06. The number of hydrogen-bond donors (Lipinski definition) is 0. The van der Waals surface area contributed by atoms with Gasteiger partial charge in [-0.2, -0.15) is 9.37 Å². The van der Waals surface area contributed by atoms with Gasteiger partial charge in [0.2, 0.25) is 5.95 Å². The predicted octanol–water partition coefficient (Wildman–Crippen LogP) is 2.73. The maximum atomic E-state index is 12.6. The van der Waals surface area contributed by atoms with E-state index >= 15 is 0 Å². The molecule has 2 rings (SSSR count). The summed E-state index contributed by atoms with van der Waals surface area (Å²) < 4.78 is 15.1. The van der Waals surface area contributed by atoms with Gasteiger partial charge in [0.1, 0.15) is 0 Å². The Labute approximate surface area is 86.5 Å². The first-order valence-corrected chi connectivity index (χ1v) is 4.62. The first kappa shape index (κ1) is 8.25. The van der Waals surface area contributed by atoms with Gasteiger partial charge in [-0.05, 0) is 28.7 Å². The molecule has 2 aromatic heterocycles. The Morgan fingerprint density at radius 3 is 3.08 bits per heavy atom. The molecule has 0 radical (unpaired) electrons. The van der Waals surface area contributed by atoms with Crippen LogP contribution in [0.5, 0.6) is 0 Å². The molecule has 0 amide bonds. The molecule has 0 spiro atoms. The molecule has 62 valence electrons. The van der Waals surface area contributed by atoms with Crippen molar-refractivity contribution in [2.45, 2.75) is 0 Å². The first-order chi connectivity index (χ1) is 5.68. The highest BCUT2D eigenvalue weighted by molar-refractivity contribution is 14.1. The molecule has 12 heavy (non-hydrogen) atoms. The van der Waals surface area contributed by atoms with Crippen LogP contribution < -0.4 is 0 Å². The molecule has 0 atom stereocenters. The third-order valence-corrected chi connectivity index (χ3v) is 3.08. The summed E-state index contributed by atoms with van der Waals surface area (Å²) in [5.74, 6) is -0.515. The molecular weight excluding hydrogens is 293 g/mol. The monoisotopic (exact) mass is 296 g/mol. The molecule has 0 N–H and O–H groups in total. The molecule has 0 aliphatic rings. The number of fused-ring (bicyclic) bond motifs is 1. The Bertz CT molecular complexity index is 440. The Balaban J connectivity index is 2.89. The van der Waals surface area contributed by atoms with Gasteiger partial charge >= 0.3 is 0 Å². The summed E-state index contributed by atoms with van der Waals surface area (Å²) in [6.45, 7) is 0. The third-order valence-electron chi connectivity index (χ3n) is 1.49. The van der Waals surface area contributed by atoms with Crippen molar-refractivity contribution in [3.05, 3.63) is 33.0 Å². The van der Waals surface area contributed by atoms with E-state index in [9.17, 15) is 4.39 Å². The number of rotatable bonds is 0. The molecule has 0 fully saturated rings. The van der Waals surface area contributed by atoms with Crippen molar-refractivity contribution < 1.29 is 4.39 Å². The second-order valence-electron chi connectivity index (χ2n) is 2.27. The second-order valence-corrected chi connectivity index (χ2v) is 3.81. The zero-order valence-corrected chi connectivity index (χ0v) is 8.67. The van der Waals surface area contributed by atoms with Crippen LogP contribution in [0.3, 0.4) is 0 Å². The van der Waals surface area contributed by atoms with Crippen LogP contribution in [0.1, 0.15) is 0 Å². The fourth-order valence-corrected chi connectivity index (χ4v) is 1.57. The lowest BCUT2D eigenvalue weighted by atomic mass is 10.5. The predicted molar refractivity (Wildman–Crippen MR) is 52.9 cm³/mol. The molecule has 2 nitrogen and oxygen atoms in total. The quantitative estimate of drug-likeness (QED) is 0.683. The molecule has 0 aromatic carbocycles. The van der Waals surface area contributed by atoms with E-state index in [1.165, 1.54) is 6.20 Å². The average molecular weight is 296 g/mol. The molecule has 2 aromatic rings. The van der Waals surface area contributed by atoms with Crippen molar-refractivity contribution in [3.8, 4) is 0 Å². The minimum atomic E-state index is -0.515. The number of hydrogen-bond acceptors (Lipinski definition) is 1. The SMILES string of the molecule is Fc1cn2ccc(I)c(Cl)c2n1. The van der Waals surface area contributed by atoms with Crippen molar-refractivity contribution in [1.82, 2.24) is 9.38 Å². The van der Waals surface area contributed by atoms with Gasteiger partial charge in [0.25, 0.3) is 0 Å². The van der Waals surface area contributed by atoms with Crippen LogP contribution >= 0.6 is 34.2 Å². The van der Waals surface area contributed by atoms with Gasteiger partial charge in [0.05, 0.1) is 11.2 Å². The highest BCUT2D eigenvalue weighted by Crippen LogP contribution is 2.22. The van der Waals surface area contributed by atoms with Crippen LogP contribution in [-0.4, -0.2) is 9.38 Å². The standard InChI is InChI=1S/C7H3ClFIN2/c8-6-4(10)1-2-12-3-5(9)11-7(6)12/h1-3H. The Kier molecular flexibility index (Phi) is 1.96. The van der Waals surface area contributed by atoms with Crippen molar-refractivity contribution in [2.75, 3.05) is 0 Å². The van der Waals surface area contributed by atoms with E-state index in [1.54, 1.807) is 16.7 Å². The van der Waals surface area contributed by atoms with E-state index in [0.29, 0.717) is 10.7 Å². The van der Waals surface area contributed by atoms with E-state index in [0.717, 1.165) is 3.57 Å². The van der Waals surface area contributed by atoms with Crippen LogP contribution in [0.15, 0.2) is 18.5 Å². The van der Waals surface area contributed by atoms with Gasteiger partial charge in [0, 0.05) is 9.77 Å². The lowest BCUT2D eigenvalue weighted by molar-refractivity contribution is 0.592. The molecule has 5 heteroatoms. The average Bonchev–Trinajstić information content (AvgIpc) is 2.39. The summed E-state index contributed by atoms with van der Waals surface area (Å²) in [6.07, 6.45) is 3.01. The fourth-order valence-electron chi connectivity index (χ4n) is 0.965. The summed E-state index contributed by atoms with van der Waals surface area (Å²) in [6, 6.07) is 1.80. The maximum absolute atomic E-state index is 12.6. The van der Waals surface area contributed by atoms with Gasteiger partial charge in [-0.25, -0.2) is 0 Å². The van der Waals surface area contributed by atoms with Gasteiger partial charge in [-0.15, -0.1) is 0 Å². The Morgan fingerprint density at radius 1 is 1.58 bits per heavy atom. The number of aromatic nitrogens is 2. The number of halogens is 3. The lowest BCUT2D eigenvalue weighted by Crippen LogP contribution is -1.85. The minimum Gasteiger partial charge on any atom is -0.303 e. The molecule has 0 bridgehead atoms. The first-order valence-electron chi connectivity index (χ1n) is 3.16. The Morgan fingerprint density at radius 2 is 2.33 bits per heavy atom. The van der Waals surface area contributed by atoms with Crippen molar-refractivity contribution >= 4 is 39.8 Å². The van der Waals surface area contributed by atoms with Gasteiger partial charge in [-0.3, -0.25) is 0 Å². The molecule has 0 saturated carbocycles. The van der Waals surface area contributed by atoms with E-state index in [4.69, 9.17) is 11.6 Å². The lowest BCUT2D eigenvalue weighted by Gasteiger charge is -1.96. The normalized spacial score (nSPS) is 10.9. The second kappa shape index (κ2) is 2.85. The number of pyridine rings is 1. The van der Waals surface area contributed by atoms with Crippen LogP contribution in [0.2, 0.25) is 5.02 Å². The van der Waals surface area contributed by atoms with Crippen LogP contribution in [0.25, 0.3) is 5.65 Å². The van der Waals surface area contributed by atoms with Gasteiger partial charge in [0.15, 0.2) is 5.65 Å². The van der Waals surface area contributed by atoms with E-state index in [-0.39, 0.29) is 0 Å². The minimum absolute atomic E-state index is 0.459. The summed E-state index contributed by atoms with van der Waals surface area (Å²) in [5, 5.41) is 0.488. The molecule has 2 heterocycles. The van der Waals surface area contributed by atoms with Crippen LogP contribution in [0.4, 0.5) is 4.39 Å². The maximum Gasteiger partial charge on any atom is 0.231 e. The smallest absolute Gasteiger partial charge is 0.231 e. The van der Waals surface area contributed by atoms with Gasteiger partial charge in [-0.1, -0.05) is 11.6 Å². The number of imidazole rings is 1. The summed E-state index contributed by atoms with van der Waals surface area (Å²) in [7, 11) is 0. The Hall–Kier alpha value is -0.360. The van der Waals surface area contributed by atoms with Crippen LogP contribution in [-0.2, 0) is 0 Å². The summed E-state index contributed by atoms with van der Waals surface area (Å²) >= 11 is 7.96. The summed E-state index contributed by atoms with van der Waals surface area (Å²) in [4.78, 5) is 3.63. The zero-order valence-electron chi connectivity index (χ0n) is 5.76. The van der Waals surface area contributed by atoms with Crippen molar-refractivity contribution in [1.29, 1.82) is 0 Å². The van der Waals surface area contributed by atoms with E-state index in [1.807, 2.05) is 0 Å². The van der Waals surface area contributed by atoms with Crippen molar-refractivity contribution in [3.63, 3.8) is 0 Å². The number of nitrogens with zero attached hydrogens (tertiary/aromatic N) is 2. The zero-order chi connectivity index (χ0) is 8.72. The third kappa shape index (κ3) is 1.19. The summed E-state index contributed by atoms with van der Waals surface area (Å²) in [5.41, 5.74) is 0.459. The largest absolute Gasteiger partial charge is 0.303 e. The molecule has 0 aliphatic heterocycles. The highest BCUT2D eigenvalue weighted by atomic mass is 127. The fraction of sp³-hybridized carbons (Fsp3) is 0. The van der Waals surface area contributed by atoms with E-state index in [2.05, 4.69) is 27.6 Å². The molecular formula is C7H3ClFIN2. The van der Waals surface area contributed by atoms with Crippen LogP contribution in [0, 0.1) is 9.52 Å². The van der Waals surface area contributed by atoms with E-state index < -0.39 is 5.95 Å². The molecule has 0 unspecified atom stereocenters. The van der Waals surface area contributed by atoms with Crippen molar-refractivity contribution in [2.24, 2.45) is 0 Å². The van der Waals surface area contributed by atoms with Gasteiger partial charge < -0.3 is 4.40 Å². The topological polar surface area (TPSA) is 17.3 Å². The molecule has 0 aliphatic carbocycles.